The van der Waals surface area contributed by atoms with E-state index in [4.69, 9.17) is 5.73 Å². The normalized spacial score (nSPS) is 11.6. The van der Waals surface area contributed by atoms with Crippen molar-refractivity contribution in [1.82, 2.24) is 19.8 Å². The number of likely N-dealkylation sites (N-methyl/N-ethyl adjacent to an activating group) is 2. The van der Waals surface area contributed by atoms with Crippen LogP contribution in [0.15, 0.2) is 66.9 Å². The number of hydrogen-bond acceptors (Lipinski definition) is 9. The van der Waals surface area contributed by atoms with E-state index in [-0.39, 0.29) is 23.3 Å². The number of nitrogens with one attached hydrogen (secondary N) is 4. The molecule has 0 unspecified atom stereocenters. The second-order valence-electron chi connectivity index (χ2n) is 10.5. The Hall–Kier alpha value is -5.30. The van der Waals surface area contributed by atoms with Crippen molar-refractivity contribution >= 4 is 52.5 Å². The highest BCUT2D eigenvalue weighted by Gasteiger charge is 2.21. The quantitative estimate of drug-likeness (QED) is 0.146. The summed E-state index contributed by atoms with van der Waals surface area (Å²) in [5.41, 5.74) is 7.44. The fourth-order valence-corrected chi connectivity index (χ4v) is 4.22. The zero-order valence-corrected chi connectivity index (χ0v) is 27.0. The molecule has 1 aromatic heterocycles. The Morgan fingerprint density at radius 3 is 2.26 bits per heavy atom. The molecule has 3 rings (SSSR count). The van der Waals surface area contributed by atoms with Crippen molar-refractivity contribution in [2.75, 3.05) is 54.5 Å². The van der Waals surface area contributed by atoms with Crippen molar-refractivity contribution in [1.29, 1.82) is 0 Å². The van der Waals surface area contributed by atoms with Crippen LogP contribution in [0.3, 0.4) is 0 Å². The number of aromatic nitrogens is 2. The van der Waals surface area contributed by atoms with Gasteiger partial charge in [-0.25, -0.2) is 4.98 Å². The lowest BCUT2D eigenvalue weighted by molar-refractivity contribution is -0.132. The zero-order chi connectivity index (χ0) is 33.6. The maximum absolute atomic E-state index is 13.3. The summed E-state index contributed by atoms with van der Waals surface area (Å²) < 4.78 is 0. The highest BCUT2D eigenvalue weighted by molar-refractivity contribution is 6.08. The Balaban J connectivity index is 1.67. The summed E-state index contributed by atoms with van der Waals surface area (Å²) in [5.74, 6) is -1.03. The summed E-state index contributed by atoms with van der Waals surface area (Å²) in [4.78, 5) is 62.5. The van der Waals surface area contributed by atoms with Crippen LogP contribution in [0.25, 0.3) is 0 Å². The van der Waals surface area contributed by atoms with Crippen LogP contribution < -0.4 is 27.0 Å². The third kappa shape index (κ3) is 10.1. The first-order valence-corrected chi connectivity index (χ1v) is 15.2. The number of nitrogens with two attached hydrogens (primary N) is 1. The van der Waals surface area contributed by atoms with Gasteiger partial charge < -0.3 is 36.8 Å². The highest BCUT2D eigenvalue weighted by Crippen LogP contribution is 2.21. The fraction of sp³-hybridized carbons (Fsp3) is 0.333. The SMILES string of the molecule is CCCNc1nc(Nc2ccc(C(N)=O)cc2)ncc1C(=O)Nc1cccc(NC(=O)[C@H](C)N(C)C(=O)C=CCN(CC)CC)c1. The van der Waals surface area contributed by atoms with Crippen LogP contribution in [-0.2, 0) is 9.59 Å². The van der Waals surface area contributed by atoms with E-state index >= 15 is 0 Å². The molecule has 0 aliphatic rings. The molecule has 3 aromatic rings. The van der Waals surface area contributed by atoms with Gasteiger partial charge >= 0.3 is 0 Å². The first kappa shape index (κ1) is 35.2. The molecule has 1 atom stereocenters. The number of carbonyl (C=O) groups is 4. The number of rotatable bonds is 16. The number of amides is 4. The smallest absolute Gasteiger partial charge is 0.260 e. The van der Waals surface area contributed by atoms with Crippen LogP contribution in [0.2, 0.25) is 0 Å². The molecule has 0 saturated carbocycles. The van der Waals surface area contributed by atoms with Gasteiger partial charge in [-0.1, -0.05) is 32.9 Å². The molecule has 0 bridgehead atoms. The molecule has 13 heteroatoms. The van der Waals surface area contributed by atoms with Crippen molar-refractivity contribution in [3.8, 4) is 0 Å². The minimum absolute atomic E-state index is 0.223. The average Bonchev–Trinajstić information content (AvgIpc) is 3.05. The summed E-state index contributed by atoms with van der Waals surface area (Å²) in [7, 11) is 1.58. The van der Waals surface area contributed by atoms with E-state index in [0.29, 0.717) is 41.5 Å². The van der Waals surface area contributed by atoms with E-state index in [2.05, 4.69) is 50.0 Å². The summed E-state index contributed by atoms with van der Waals surface area (Å²) in [5, 5.41) is 11.9. The van der Waals surface area contributed by atoms with E-state index in [1.165, 1.54) is 17.2 Å². The van der Waals surface area contributed by atoms with Gasteiger partial charge in [0, 0.05) is 55.0 Å². The third-order valence-electron chi connectivity index (χ3n) is 7.22. The van der Waals surface area contributed by atoms with Gasteiger partial charge in [-0.3, -0.25) is 19.2 Å². The van der Waals surface area contributed by atoms with Gasteiger partial charge in [0.2, 0.25) is 23.7 Å². The van der Waals surface area contributed by atoms with E-state index in [1.54, 1.807) is 68.6 Å². The second kappa shape index (κ2) is 17.3. The summed E-state index contributed by atoms with van der Waals surface area (Å²) >= 11 is 0. The molecule has 0 aliphatic carbocycles. The molecular weight excluding hydrogens is 586 g/mol. The Morgan fingerprint density at radius 2 is 1.63 bits per heavy atom. The van der Waals surface area contributed by atoms with Crippen LogP contribution in [-0.4, -0.2) is 82.7 Å². The standard InChI is InChI=1S/C33H43N9O4/c1-6-18-35-30-27(21-36-33(40-30)39-24-16-14-23(15-17-24)29(34)44)32(46)38-26-12-9-11-25(20-26)37-31(45)22(4)41(5)28(43)13-10-19-42(7-2)8-3/h9-17,20-22H,6-8,18-19H2,1-5H3,(H2,34,44)(H,37,45)(H,38,46)(H2,35,36,39,40)/t22-/m0/s1. The van der Waals surface area contributed by atoms with Crippen molar-refractivity contribution in [2.45, 2.75) is 40.2 Å². The molecule has 46 heavy (non-hydrogen) atoms. The molecule has 1 heterocycles. The van der Waals surface area contributed by atoms with Gasteiger partial charge in [0.15, 0.2) is 0 Å². The summed E-state index contributed by atoms with van der Waals surface area (Å²) in [6.45, 7) is 10.8. The van der Waals surface area contributed by atoms with Crippen LogP contribution in [0.5, 0.6) is 0 Å². The summed E-state index contributed by atoms with van der Waals surface area (Å²) in [6.07, 6.45) is 5.50. The van der Waals surface area contributed by atoms with Gasteiger partial charge in [0.25, 0.3) is 5.91 Å². The molecule has 13 nitrogen and oxygen atoms in total. The van der Waals surface area contributed by atoms with E-state index < -0.39 is 17.9 Å². The lowest BCUT2D eigenvalue weighted by Gasteiger charge is -2.23. The monoisotopic (exact) mass is 629 g/mol. The first-order chi connectivity index (χ1) is 22.1. The average molecular weight is 630 g/mol. The maximum atomic E-state index is 13.3. The molecule has 0 spiro atoms. The van der Waals surface area contributed by atoms with Crippen molar-refractivity contribution in [2.24, 2.45) is 5.73 Å². The third-order valence-corrected chi connectivity index (χ3v) is 7.22. The second-order valence-corrected chi connectivity index (χ2v) is 10.5. The minimum Gasteiger partial charge on any atom is -0.369 e. The number of primary amides is 1. The minimum atomic E-state index is -0.735. The van der Waals surface area contributed by atoms with Crippen LogP contribution >= 0.6 is 0 Å². The Kier molecular flexibility index (Phi) is 13.2. The van der Waals surface area contributed by atoms with Gasteiger partial charge in [0.05, 0.1) is 0 Å². The number of benzene rings is 2. The topological polar surface area (TPSA) is 175 Å². The maximum Gasteiger partial charge on any atom is 0.260 e. The Bertz CT molecular complexity index is 1540. The predicted molar refractivity (Wildman–Crippen MR) is 181 cm³/mol. The van der Waals surface area contributed by atoms with Crippen molar-refractivity contribution in [3.05, 3.63) is 78.0 Å². The Labute approximate surface area is 269 Å². The van der Waals surface area contributed by atoms with Crippen molar-refractivity contribution in [3.63, 3.8) is 0 Å². The fourth-order valence-electron chi connectivity index (χ4n) is 4.22. The van der Waals surface area contributed by atoms with Crippen LogP contribution in [0.4, 0.5) is 28.8 Å². The van der Waals surface area contributed by atoms with Crippen LogP contribution in [0, 0.1) is 0 Å². The Morgan fingerprint density at radius 1 is 0.957 bits per heavy atom. The molecule has 6 N–H and O–H groups in total. The molecule has 2 aromatic carbocycles. The van der Waals surface area contributed by atoms with Gasteiger partial charge in [-0.2, -0.15) is 4.98 Å². The van der Waals surface area contributed by atoms with Gasteiger partial charge in [0.1, 0.15) is 17.4 Å². The van der Waals surface area contributed by atoms with Gasteiger partial charge in [-0.05, 0) is 68.9 Å². The van der Waals surface area contributed by atoms with E-state index in [0.717, 1.165) is 19.5 Å². The van der Waals surface area contributed by atoms with E-state index in [9.17, 15) is 19.2 Å². The molecule has 4 amide bonds. The predicted octanol–water partition coefficient (Wildman–Crippen LogP) is 4.08. The molecule has 0 fully saturated rings. The van der Waals surface area contributed by atoms with Crippen LogP contribution in [0.1, 0.15) is 54.8 Å². The first-order valence-electron chi connectivity index (χ1n) is 15.2. The van der Waals surface area contributed by atoms with E-state index in [1.807, 2.05) is 6.92 Å². The molecule has 0 saturated heterocycles. The lowest BCUT2D eigenvalue weighted by Crippen LogP contribution is -2.42. The van der Waals surface area contributed by atoms with Gasteiger partial charge in [-0.15, -0.1) is 0 Å². The number of anilines is 5. The number of hydrogen-bond donors (Lipinski definition) is 5. The highest BCUT2D eigenvalue weighted by atomic mass is 16.2. The molecule has 0 aliphatic heterocycles. The molecule has 244 valence electrons. The largest absolute Gasteiger partial charge is 0.369 e. The molecular formula is C33H43N9O4. The number of nitrogens with zero attached hydrogens (tertiary/aromatic N) is 4. The summed E-state index contributed by atoms with van der Waals surface area (Å²) in [6, 6.07) is 12.5. The zero-order valence-electron chi connectivity index (χ0n) is 27.0. The number of carbonyl (C=O) groups excluding carboxylic acids is 4. The lowest BCUT2D eigenvalue weighted by atomic mass is 10.2. The molecule has 0 radical (unpaired) electrons. The van der Waals surface area contributed by atoms with Crippen molar-refractivity contribution < 1.29 is 19.2 Å².